The van der Waals surface area contributed by atoms with Crippen LogP contribution in [0.15, 0.2) is 23.1 Å². The third-order valence-corrected chi connectivity index (χ3v) is 2.64. The van der Waals surface area contributed by atoms with E-state index < -0.39 is 0 Å². The van der Waals surface area contributed by atoms with Crippen LogP contribution in [0, 0.1) is 0 Å². The maximum Gasteiger partial charge on any atom is 0.120 e. The molecular weight excluding hydrogens is 204 g/mol. The Morgan fingerprint density at radius 1 is 1.46 bits per heavy atom. The van der Waals surface area contributed by atoms with Crippen molar-refractivity contribution in [2.45, 2.75) is 17.7 Å². The fourth-order valence-electron chi connectivity index (χ4n) is 1.11. The van der Waals surface area contributed by atoms with Gasteiger partial charge in [0, 0.05) is 16.3 Å². The maximum atomic E-state index is 10.2. The van der Waals surface area contributed by atoms with Gasteiger partial charge in [-0.15, -0.1) is 11.8 Å². The molecule has 0 bridgehead atoms. The predicted molar refractivity (Wildman–Crippen MR) is 57.6 cm³/mol. The van der Waals surface area contributed by atoms with E-state index in [4.69, 9.17) is 11.6 Å². The molecule has 3 heteroatoms. The summed E-state index contributed by atoms with van der Waals surface area (Å²) in [5.41, 5.74) is 1.13. The monoisotopic (exact) mass is 214 g/mol. The lowest BCUT2D eigenvalue weighted by molar-refractivity contribution is -0.107. The van der Waals surface area contributed by atoms with Crippen LogP contribution in [0.5, 0.6) is 0 Å². The minimum Gasteiger partial charge on any atom is -0.303 e. The number of hydrogen-bond donors (Lipinski definition) is 0. The van der Waals surface area contributed by atoms with Crippen molar-refractivity contribution in [1.82, 2.24) is 0 Å². The Balaban J connectivity index is 2.81. The van der Waals surface area contributed by atoms with E-state index in [1.807, 2.05) is 18.4 Å². The summed E-state index contributed by atoms with van der Waals surface area (Å²) in [6, 6.07) is 5.90. The molecule has 1 aromatic carbocycles. The lowest BCUT2D eigenvalue weighted by Crippen LogP contribution is -1.86. The zero-order valence-corrected chi connectivity index (χ0v) is 8.99. The van der Waals surface area contributed by atoms with Gasteiger partial charge in [-0.1, -0.05) is 11.6 Å². The van der Waals surface area contributed by atoms with Gasteiger partial charge in [0.15, 0.2) is 0 Å². The van der Waals surface area contributed by atoms with Gasteiger partial charge in [0.1, 0.15) is 6.29 Å². The quantitative estimate of drug-likeness (QED) is 0.566. The van der Waals surface area contributed by atoms with E-state index in [0.717, 1.165) is 28.2 Å². The summed E-state index contributed by atoms with van der Waals surface area (Å²) in [5, 5.41) is 0.743. The smallest absolute Gasteiger partial charge is 0.120 e. The number of thioether (sulfide) groups is 1. The molecule has 0 amide bonds. The van der Waals surface area contributed by atoms with Crippen LogP contribution in [0.3, 0.4) is 0 Å². The minimum absolute atomic E-state index is 0.564. The summed E-state index contributed by atoms with van der Waals surface area (Å²) in [4.78, 5) is 11.3. The van der Waals surface area contributed by atoms with Gasteiger partial charge in [0.25, 0.3) is 0 Å². The normalized spacial score (nSPS) is 10.0. The van der Waals surface area contributed by atoms with E-state index >= 15 is 0 Å². The molecular formula is C10H11ClOS. The second kappa shape index (κ2) is 5.30. The molecule has 1 rings (SSSR count). The highest BCUT2D eigenvalue weighted by Gasteiger charge is 1.98. The highest BCUT2D eigenvalue weighted by Crippen LogP contribution is 2.22. The SMILES string of the molecule is CSc1cc(Cl)cc(CCC=O)c1. The average Bonchev–Trinajstić information content (AvgIpc) is 2.14. The first-order chi connectivity index (χ1) is 6.26. The Kier molecular flexibility index (Phi) is 4.33. The van der Waals surface area contributed by atoms with Crippen molar-refractivity contribution in [2.24, 2.45) is 0 Å². The molecule has 0 unspecified atom stereocenters. The van der Waals surface area contributed by atoms with Gasteiger partial charge in [-0.3, -0.25) is 0 Å². The number of aldehydes is 1. The molecule has 13 heavy (non-hydrogen) atoms. The lowest BCUT2D eigenvalue weighted by atomic mass is 10.1. The molecule has 0 saturated carbocycles. The lowest BCUT2D eigenvalue weighted by Gasteiger charge is -2.02. The molecule has 0 radical (unpaired) electrons. The van der Waals surface area contributed by atoms with E-state index in [-0.39, 0.29) is 0 Å². The Morgan fingerprint density at radius 3 is 2.85 bits per heavy atom. The van der Waals surface area contributed by atoms with Crippen LogP contribution in [0.1, 0.15) is 12.0 Å². The largest absolute Gasteiger partial charge is 0.303 e. The molecule has 0 saturated heterocycles. The Hall–Kier alpha value is -0.470. The van der Waals surface area contributed by atoms with Crippen LogP contribution >= 0.6 is 23.4 Å². The molecule has 1 aromatic rings. The molecule has 0 aliphatic heterocycles. The number of aryl methyl sites for hydroxylation is 1. The van der Waals surface area contributed by atoms with Crippen molar-refractivity contribution >= 4 is 29.6 Å². The highest BCUT2D eigenvalue weighted by atomic mass is 35.5. The van der Waals surface area contributed by atoms with Crippen molar-refractivity contribution in [3.63, 3.8) is 0 Å². The molecule has 0 atom stereocenters. The van der Waals surface area contributed by atoms with E-state index in [1.165, 1.54) is 0 Å². The fraction of sp³-hybridized carbons (Fsp3) is 0.300. The van der Waals surface area contributed by atoms with Gasteiger partial charge in [-0.05, 0) is 36.4 Å². The van der Waals surface area contributed by atoms with Crippen LogP contribution in [-0.2, 0) is 11.2 Å². The molecule has 0 fully saturated rings. The molecule has 0 heterocycles. The summed E-state index contributed by atoms with van der Waals surface area (Å²) in [7, 11) is 0. The second-order valence-electron chi connectivity index (χ2n) is 2.70. The molecule has 0 N–H and O–H groups in total. The van der Waals surface area contributed by atoms with Gasteiger partial charge in [-0.25, -0.2) is 0 Å². The number of benzene rings is 1. The Bertz CT molecular complexity index is 299. The third-order valence-electron chi connectivity index (χ3n) is 1.72. The highest BCUT2D eigenvalue weighted by molar-refractivity contribution is 7.98. The first-order valence-electron chi connectivity index (χ1n) is 4.03. The molecule has 0 aliphatic rings. The molecule has 1 nitrogen and oxygen atoms in total. The number of carbonyl (C=O) groups excluding carboxylic acids is 1. The summed E-state index contributed by atoms with van der Waals surface area (Å²) in [5.74, 6) is 0. The number of rotatable bonds is 4. The van der Waals surface area contributed by atoms with E-state index in [2.05, 4.69) is 6.07 Å². The molecule has 0 aliphatic carbocycles. The van der Waals surface area contributed by atoms with Gasteiger partial charge in [-0.2, -0.15) is 0 Å². The Morgan fingerprint density at radius 2 is 2.23 bits per heavy atom. The van der Waals surface area contributed by atoms with E-state index in [1.54, 1.807) is 11.8 Å². The second-order valence-corrected chi connectivity index (χ2v) is 4.02. The van der Waals surface area contributed by atoms with E-state index in [0.29, 0.717) is 6.42 Å². The zero-order chi connectivity index (χ0) is 9.68. The Labute approximate surface area is 87.5 Å². The van der Waals surface area contributed by atoms with Crippen LogP contribution < -0.4 is 0 Å². The number of halogens is 1. The van der Waals surface area contributed by atoms with Crippen molar-refractivity contribution in [2.75, 3.05) is 6.26 Å². The topological polar surface area (TPSA) is 17.1 Å². The summed E-state index contributed by atoms with van der Waals surface area (Å²) in [6.45, 7) is 0. The molecule has 70 valence electrons. The summed E-state index contributed by atoms with van der Waals surface area (Å²) in [6.07, 6.45) is 4.28. The van der Waals surface area contributed by atoms with Crippen molar-refractivity contribution < 1.29 is 4.79 Å². The first-order valence-corrected chi connectivity index (χ1v) is 5.63. The zero-order valence-electron chi connectivity index (χ0n) is 7.42. The van der Waals surface area contributed by atoms with E-state index in [9.17, 15) is 4.79 Å². The number of carbonyl (C=O) groups is 1. The first kappa shape index (κ1) is 10.6. The van der Waals surface area contributed by atoms with Crippen molar-refractivity contribution in [3.05, 3.63) is 28.8 Å². The fourth-order valence-corrected chi connectivity index (χ4v) is 1.94. The third kappa shape index (κ3) is 3.41. The van der Waals surface area contributed by atoms with Crippen molar-refractivity contribution in [1.29, 1.82) is 0 Å². The average molecular weight is 215 g/mol. The van der Waals surface area contributed by atoms with Crippen LogP contribution in [0.2, 0.25) is 5.02 Å². The molecule has 0 aromatic heterocycles. The molecule has 0 spiro atoms. The van der Waals surface area contributed by atoms with Crippen LogP contribution in [0.4, 0.5) is 0 Å². The van der Waals surface area contributed by atoms with Crippen LogP contribution in [-0.4, -0.2) is 12.5 Å². The van der Waals surface area contributed by atoms with Gasteiger partial charge >= 0.3 is 0 Å². The summed E-state index contributed by atoms with van der Waals surface area (Å²) >= 11 is 7.56. The standard InChI is InChI=1S/C10H11ClOS/c1-13-10-6-8(3-2-4-12)5-9(11)7-10/h4-7H,2-3H2,1H3. The van der Waals surface area contributed by atoms with Crippen LogP contribution in [0.25, 0.3) is 0 Å². The number of hydrogen-bond acceptors (Lipinski definition) is 2. The minimum atomic E-state index is 0.564. The predicted octanol–water partition coefficient (Wildman–Crippen LogP) is 3.19. The maximum absolute atomic E-state index is 10.2. The summed E-state index contributed by atoms with van der Waals surface area (Å²) < 4.78 is 0. The van der Waals surface area contributed by atoms with Crippen molar-refractivity contribution in [3.8, 4) is 0 Å². The van der Waals surface area contributed by atoms with Gasteiger partial charge < -0.3 is 4.79 Å². The van der Waals surface area contributed by atoms with Gasteiger partial charge in [0.05, 0.1) is 0 Å². The van der Waals surface area contributed by atoms with Gasteiger partial charge in [0.2, 0.25) is 0 Å².